The molecule has 0 saturated carbocycles. The molecule has 1 amide bonds. The van der Waals surface area contributed by atoms with Gasteiger partial charge in [0, 0.05) is 37.9 Å². The van der Waals surface area contributed by atoms with Gasteiger partial charge in [0.05, 0.1) is 13.5 Å². The van der Waals surface area contributed by atoms with Crippen molar-refractivity contribution in [1.29, 1.82) is 0 Å². The number of carbonyl (C=O) groups excluding carboxylic acids is 1. The molecule has 0 N–H and O–H groups in total. The molecule has 1 aliphatic heterocycles. The average molecular weight is 326 g/mol. The second kappa shape index (κ2) is 7.29. The van der Waals surface area contributed by atoms with E-state index in [1.807, 2.05) is 42.2 Å². The summed E-state index contributed by atoms with van der Waals surface area (Å²) < 4.78 is 5.14. The summed E-state index contributed by atoms with van der Waals surface area (Å²) in [5.41, 5.74) is 1.97. The van der Waals surface area contributed by atoms with Crippen LogP contribution in [-0.2, 0) is 11.2 Å². The number of anilines is 1. The van der Waals surface area contributed by atoms with Gasteiger partial charge in [-0.25, -0.2) is 9.97 Å². The van der Waals surface area contributed by atoms with E-state index in [1.54, 1.807) is 13.4 Å². The Morgan fingerprint density at radius 2 is 1.83 bits per heavy atom. The summed E-state index contributed by atoms with van der Waals surface area (Å²) >= 11 is 0. The van der Waals surface area contributed by atoms with E-state index in [0.29, 0.717) is 6.42 Å². The van der Waals surface area contributed by atoms with Crippen LogP contribution in [-0.4, -0.2) is 54.1 Å². The maximum absolute atomic E-state index is 12.5. The lowest BCUT2D eigenvalue weighted by atomic mass is 10.1. The van der Waals surface area contributed by atoms with Gasteiger partial charge < -0.3 is 14.5 Å². The van der Waals surface area contributed by atoms with E-state index in [-0.39, 0.29) is 5.91 Å². The third kappa shape index (κ3) is 3.82. The van der Waals surface area contributed by atoms with Crippen molar-refractivity contribution in [3.8, 4) is 5.75 Å². The molecule has 1 fully saturated rings. The number of aryl methyl sites for hydroxylation is 1. The standard InChI is InChI=1S/C18H22N4O2/c1-14-11-17(20-13-19-14)21-7-9-22(10-8-21)18(23)12-15-3-5-16(24-2)6-4-15/h3-6,11,13H,7-10,12H2,1-2H3. The summed E-state index contributed by atoms with van der Waals surface area (Å²) in [7, 11) is 1.64. The minimum absolute atomic E-state index is 0.165. The van der Waals surface area contributed by atoms with Crippen LogP contribution in [0.5, 0.6) is 5.75 Å². The van der Waals surface area contributed by atoms with Crippen LogP contribution in [0.2, 0.25) is 0 Å². The molecular formula is C18H22N4O2. The average Bonchev–Trinajstić information content (AvgIpc) is 2.62. The van der Waals surface area contributed by atoms with Gasteiger partial charge in [0.1, 0.15) is 17.9 Å². The van der Waals surface area contributed by atoms with Gasteiger partial charge in [-0.1, -0.05) is 12.1 Å². The van der Waals surface area contributed by atoms with Crippen LogP contribution in [0.3, 0.4) is 0 Å². The molecule has 1 saturated heterocycles. The molecule has 126 valence electrons. The summed E-state index contributed by atoms with van der Waals surface area (Å²) in [6.07, 6.45) is 2.02. The van der Waals surface area contributed by atoms with Crippen molar-refractivity contribution in [3.63, 3.8) is 0 Å². The van der Waals surface area contributed by atoms with Crippen molar-refractivity contribution in [3.05, 3.63) is 47.9 Å². The molecule has 1 aromatic carbocycles. The number of piperazine rings is 1. The van der Waals surface area contributed by atoms with Crippen LogP contribution in [0, 0.1) is 6.92 Å². The normalized spacial score (nSPS) is 14.6. The molecule has 1 aliphatic rings. The number of benzene rings is 1. The van der Waals surface area contributed by atoms with Gasteiger partial charge >= 0.3 is 0 Å². The fourth-order valence-corrected chi connectivity index (χ4v) is 2.83. The Morgan fingerprint density at radius 1 is 1.12 bits per heavy atom. The quantitative estimate of drug-likeness (QED) is 0.856. The highest BCUT2D eigenvalue weighted by Crippen LogP contribution is 2.16. The highest BCUT2D eigenvalue weighted by molar-refractivity contribution is 5.79. The first kappa shape index (κ1) is 16.2. The number of hydrogen-bond acceptors (Lipinski definition) is 5. The Balaban J connectivity index is 1.54. The highest BCUT2D eigenvalue weighted by atomic mass is 16.5. The number of carbonyl (C=O) groups is 1. The van der Waals surface area contributed by atoms with Crippen molar-refractivity contribution < 1.29 is 9.53 Å². The van der Waals surface area contributed by atoms with Crippen LogP contribution < -0.4 is 9.64 Å². The Bertz CT molecular complexity index is 694. The van der Waals surface area contributed by atoms with Crippen molar-refractivity contribution in [2.75, 3.05) is 38.2 Å². The predicted octanol–water partition coefficient (Wildman–Crippen LogP) is 1.68. The number of methoxy groups -OCH3 is 1. The molecule has 2 heterocycles. The van der Waals surface area contributed by atoms with Crippen molar-refractivity contribution in [2.45, 2.75) is 13.3 Å². The monoisotopic (exact) mass is 326 g/mol. The van der Waals surface area contributed by atoms with Gasteiger partial charge in [-0.05, 0) is 24.6 Å². The smallest absolute Gasteiger partial charge is 0.227 e. The molecule has 24 heavy (non-hydrogen) atoms. The third-order valence-corrected chi connectivity index (χ3v) is 4.26. The lowest BCUT2D eigenvalue weighted by molar-refractivity contribution is -0.130. The van der Waals surface area contributed by atoms with Crippen LogP contribution in [0.25, 0.3) is 0 Å². The SMILES string of the molecule is COc1ccc(CC(=O)N2CCN(c3cc(C)ncn3)CC2)cc1. The molecule has 3 rings (SSSR count). The predicted molar refractivity (Wildman–Crippen MR) is 92.3 cm³/mol. The van der Waals surface area contributed by atoms with Crippen molar-refractivity contribution in [1.82, 2.24) is 14.9 Å². The fraction of sp³-hybridized carbons (Fsp3) is 0.389. The summed E-state index contributed by atoms with van der Waals surface area (Å²) in [6.45, 7) is 4.99. The maximum Gasteiger partial charge on any atom is 0.227 e. The fourth-order valence-electron chi connectivity index (χ4n) is 2.83. The Kier molecular flexibility index (Phi) is 4.93. The zero-order valence-electron chi connectivity index (χ0n) is 14.1. The van der Waals surface area contributed by atoms with Crippen molar-refractivity contribution >= 4 is 11.7 Å². The molecule has 0 spiro atoms. The number of ether oxygens (including phenoxy) is 1. The number of hydrogen-bond donors (Lipinski definition) is 0. The van der Waals surface area contributed by atoms with Gasteiger partial charge in [-0.3, -0.25) is 4.79 Å². The zero-order chi connectivity index (χ0) is 16.9. The molecule has 1 aromatic heterocycles. The molecule has 0 aliphatic carbocycles. The zero-order valence-corrected chi connectivity index (χ0v) is 14.1. The van der Waals surface area contributed by atoms with Gasteiger partial charge in [0.2, 0.25) is 5.91 Å². The topological polar surface area (TPSA) is 58.6 Å². The van der Waals surface area contributed by atoms with Crippen LogP contribution in [0.4, 0.5) is 5.82 Å². The molecule has 6 nitrogen and oxygen atoms in total. The van der Waals surface area contributed by atoms with Crippen LogP contribution >= 0.6 is 0 Å². The summed E-state index contributed by atoms with van der Waals surface area (Å²) in [4.78, 5) is 25.0. The van der Waals surface area contributed by atoms with Gasteiger partial charge in [-0.2, -0.15) is 0 Å². The van der Waals surface area contributed by atoms with E-state index in [9.17, 15) is 4.79 Å². The van der Waals surface area contributed by atoms with E-state index in [2.05, 4.69) is 14.9 Å². The lowest BCUT2D eigenvalue weighted by Gasteiger charge is -2.35. The second-order valence-corrected chi connectivity index (χ2v) is 5.91. The lowest BCUT2D eigenvalue weighted by Crippen LogP contribution is -2.49. The summed E-state index contributed by atoms with van der Waals surface area (Å²) in [5, 5.41) is 0. The van der Waals surface area contributed by atoms with E-state index in [1.165, 1.54) is 0 Å². The molecule has 0 unspecified atom stereocenters. The molecule has 0 bridgehead atoms. The Labute approximate surface area is 142 Å². The molecule has 0 atom stereocenters. The number of aromatic nitrogens is 2. The first-order valence-corrected chi connectivity index (χ1v) is 8.10. The Morgan fingerprint density at radius 3 is 2.46 bits per heavy atom. The van der Waals surface area contributed by atoms with Crippen molar-refractivity contribution in [2.24, 2.45) is 0 Å². The first-order chi connectivity index (χ1) is 11.7. The molecule has 0 radical (unpaired) electrons. The van der Waals surface area contributed by atoms with E-state index in [4.69, 9.17) is 4.74 Å². The largest absolute Gasteiger partial charge is 0.497 e. The minimum Gasteiger partial charge on any atom is -0.497 e. The molecule has 2 aromatic rings. The summed E-state index contributed by atoms with van der Waals surface area (Å²) in [6, 6.07) is 9.64. The summed E-state index contributed by atoms with van der Waals surface area (Å²) in [5.74, 6) is 1.91. The van der Waals surface area contributed by atoms with Gasteiger partial charge in [0.15, 0.2) is 0 Å². The van der Waals surface area contributed by atoms with E-state index in [0.717, 1.165) is 49.0 Å². The third-order valence-electron chi connectivity index (χ3n) is 4.26. The number of rotatable bonds is 4. The number of nitrogens with zero attached hydrogens (tertiary/aromatic N) is 4. The van der Waals surface area contributed by atoms with Gasteiger partial charge in [0.25, 0.3) is 0 Å². The maximum atomic E-state index is 12.5. The second-order valence-electron chi connectivity index (χ2n) is 5.91. The van der Waals surface area contributed by atoms with Crippen LogP contribution in [0.15, 0.2) is 36.7 Å². The molecule has 6 heteroatoms. The van der Waals surface area contributed by atoms with E-state index >= 15 is 0 Å². The van der Waals surface area contributed by atoms with Gasteiger partial charge in [-0.15, -0.1) is 0 Å². The Hall–Kier alpha value is -2.63. The highest BCUT2D eigenvalue weighted by Gasteiger charge is 2.22. The molecular weight excluding hydrogens is 304 g/mol. The number of amides is 1. The first-order valence-electron chi connectivity index (χ1n) is 8.10. The van der Waals surface area contributed by atoms with Crippen LogP contribution in [0.1, 0.15) is 11.3 Å². The minimum atomic E-state index is 0.165. The van der Waals surface area contributed by atoms with E-state index < -0.39 is 0 Å².